The van der Waals surface area contributed by atoms with Crippen molar-refractivity contribution >= 4 is 15.9 Å². The van der Waals surface area contributed by atoms with E-state index in [4.69, 9.17) is 0 Å². The van der Waals surface area contributed by atoms with E-state index < -0.39 is 0 Å². The number of hydrogen-bond acceptors (Lipinski definition) is 2. The molecule has 116 valence electrons. The highest BCUT2D eigenvalue weighted by Crippen LogP contribution is 2.34. The molecule has 1 aromatic rings. The molecule has 1 rings (SSSR count). The number of nitrogens with zero attached hydrogens (tertiary/aromatic N) is 3. The third-order valence-electron chi connectivity index (χ3n) is 4.28. The normalized spacial score (nSPS) is 14.4. The van der Waals surface area contributed by atoms with Crippen LogP contribution >= 0.6 is 15.9 Å². The Morgan fingerprint density at radius 2 is 1.50 bits per heavy atom. The van der Waals surface area contributed by atoms with Crippen LogP contribution in [0.1, 0.15) is 84.4 Å². The number of halogens is 1. The van der Waals surface area contributed by atoms with Crippen LogP contribution in [-0.2, 0) is 12.5 Å². The lowest BCUT2D eigenvalue weighted by molar-refractivity contribution is 0.338. The first kappa shape index (κ1) is 17.7. The van der Waals surface area contributed by atoms with Crippen LogP contribution < -0.4 is 0 Å². The van der Waals surface area contributed by atoms with E-state index in [9.17, 15) is 0 Å². The molecule has 3 nitrogen and oxygen atoms in total. The van der Waals surface area contributed by atoms with Gasteiger partial charge in [-0.1, -0.05) is 65.7 Å². The van der Waals surface area contributed by atoms with Crippen molar-refractivity contribution in [2.45, 2.75) is 84.0 Å². The van der Waals surface area contributed by atoms with E-state index in [1.54, 1.807) is 0 Å². The summed E-state index contributed by atoms with van der Waals surface area (Å²) < 4.78 is 2.94. The van der Waals surface area contributed by atoms with Gasteiger partial charge in [0.25, 0.3) is 0 Å². The maximum Gasteiger partial charge on any atom is 0.199 e. The van der Waals surface area contributed by atoms with Gasteiger partial charge in [-0.3, -0.25) is 0 Å². The lowest BCUT2D eigenvalue weighted by Gasteiger charge is -2.28. The second-order valence-electron chi connectivity index (χ2n) is 6.18. The van der Waals surface area contributed by atoms with Crippen LogP contribution in [0.3, 0.4) is 0 Å². The van der Waals surface area contributed by atoms with Crippen LogP contribution in [0.15, 0.2) is 4.73 Å². The summed E-state index contributed by atoms with van der Waals surface area (Å²) in [6, 6.07) is 0. The van der Waals surface area contributed by atoms with Crippen LogP contribution in [0.2, 0.25) is 0 Å². The first-order valence-corrected chi connectivity index (χ1v) is 8.89. The zero-order valence-corrected chi connectivity index (χ0v) is 15.2. The van der Waals surface area contributed by atoms with Gasteiger partial charge in [-0.2, -0.15) is 0 Å². The van der Waals surface area contributed by atoms with Gasteiger partial charge in [-0.15, -0.1) is 10.2 Å². The number of unbranched alkanes of at least 4 members (excludes halogenated alkanes) is 5. The quantitative estimate of drug-likeness (QED) is 0.533. The Balaban J connectivity index is 2.74. The molecule has 0 aliphatic heterocycles. The van der Waals surface area contributed by atoms with Crippen molar-refractivity contribution in [3.63, 3.8) is 0 Å². The van der Waals surface area contributed by atoms with Gasteiger partial charge in [0.2, 0.25) is 0 Å². The van der Waals surface area contributed by atoms with Crippen molar-refractivity contribution in [2.75, 3.05) is 0 Å². The summed E-state index contributed by atoms with van der Waals surface area (Å²) in [6.45, 7) is 6.89. The molecule has 1 aromatic heterocycles. The molecular weight excluding hydrogens is 314 g/mol. The van der Waals surface area contributed by atoms with Crippen molar-refractivity contribution in [3.8, 4) is 0 Å². The molecule has 20 heavy (non-hydrogen) atoms. The highest BCUT2D eigenvalue weighted by Gasteiger charge is 2.31. The molecule has 0 fully saturated rings. The molecule has 1 unspecified atom stereocenters. The van der Waals surface area contributed by atoms with Gasteiger partial charge in [-0.05, 0) is 28.8 Å². The standard InChI is InChI=1S/C16H30BrN3/c1-5-7-9-11-13-16(3,12-10-8-6-2)14-18-19-15(17)20(14)4/h5-13H2,1-4H3. The Morgan fingerprint density at radius 1 is 0.950 bits per heavy atom. The van der Waals surface area contributed by atoms with Crippen LogP contribution in [0, 0.1) is 0 Å². The van der Waals surface area contributed by atoms with E-state index in [0.29, 0.717) is 0 Å². The summed E-state index contributed by atoms with van der Waals surface area (Å²) in [7, 11) is 2.06. The van der Waals surface area contributed by atoms with Crippen molar-refractivity contribution in [3.05, 3.63) is 10.6 Å². The molecule has 0 saturated heterocycles. The third kappa shape index (κ3) is 4.87. The highest BCUT2D eigenvalue weighted by atomic mass is 79.9. The third-order valence-corrected chi connectivity index (χ3v) is 4.97. The smallest absolute Gasteiger partial charge is 0.199 e. The Morgan fingerprint density at radius 3 is 2.00 bits per heavy atom. The summed E-state index contributed by atoms with van der Waals surface area (Å²) in [5, 5.41) is 8.62. The summed E-state index contributed by atoms with van der Waals surface area (Å²) in [6.07, 6.45) is 11.6. The molecular formula is C16H30BrN3. The molecule has 4 heteroatoms. The molecule has 0 amide bonds. The van der Waals surface area contributed by atoms with E-state index in [-0.39, 0.29) is 5.41 Å². The zero-order valence-electron chi connectivity index (χ0n) is 13.6. The average molecular weight is 344 g/mol. The maximum absolute atomic E-state index is 4.43. The lowest BCUT2D eigenvalue weighted by atomic mass is 9.79. The second-order valence-corrected chi connectivity index (χ2v) is 6.89. The molecule has 0 N–H and O–H groups in total. The fourth-order valence-electron chi connectivity index (χ4n) is 2.89. The minimum absolute atomic E-state index is 0.163. The highest BCUT2D eigenvalue weighted by molar-refractivity contribution is 9.10. The Labute approximate surface area is 132 Å². The van der Waals surface area contributed by atoms with Crippen LogP contribution in [0.4, 0.5) is 0 Å². The van der Waals surface area contributed by atoms with Gasteiger partial charge >= 0.3 is 0 Å². The largest absolute Gasteiger partial charge is 0.308 e. The molecule has 0 aliphatic carbocycles. The summed E-state index contributed by atoms with van der Waals surface area (Å²) >= 11 is 3.47. The predicted octanol–water partition coefficient (Wildman–Crippen LogP) is 5.39. The first-order chi connectivity index (χ1) is 9.55. The Kier molecular flexibility index (Phi) is 7.78. The minimum atomic E-state index is 0.163. The molecule has 0 radical (unpaired) electrons. The van der Waals surface area contributed by atoms with Gasteiger partial charge in [-0.25, -0.2) is 0 Å². The van der Waals surface area contributed by atoms with Crippen molar-refractivity contribution in [2.24, 2.45) is 7.05 Å². The predicted molar refractivity (Wildman–Crippen MR) is 89.0 cm³/mol. The van der Waals surface area contributed by atoms with Gasteiger partial charge in [0.05, 0.1) is 0 Å². The molecule has 1 heterocycles. The van der Waals surface area contributed by atoms with Gasteiger partial charge in [0.15, 0.2) is 4.73 Å². The zero-order chi connectivity index (χ0) is 15.0. The van der Waals surface area contributed by atoms with E-state index in [1.165, 1.54) is 57.8 Å². The van der Waals surface area contributed by atoms with Gasteiger partial charge in [0, 0.05) is 12.5 Å². The summed E-state index contributed by atoms with van der Waals surface area (Å²) in [4.78, 5) is 0. The molecule has 0 saturated carbocycles. The maximum atomic E-state index is 4.43. The summed E-state index contributed by atoms with van der Waals surface area (Å²) in [5.41, 5.74) is 0.163. The molecule has 0 spiro atoms. The van der Waals surface area contributed by atoms with E-state index in [0.717, 1.165) is 10.6 Å². The fraction of sp³-hybridized carbons (Fsp3) is 0.875. The van der Waals surface area contributed by atoms with E-state index >= 15 is 0 Å². The van der Waals surface area contributed by atoms with Crippen LogP contribution in [-0.4, -0.2) is 14.8 Å². The molecule has 0 bridgehead atoms. The first-order valence-electron chi connectivity index (χ1n) is 8.10. The second kappa shape index (κ2) is 8.81. The lowest BCUT2D eigenvalue weighted by Crippen LogP contribution is -2.26. The number of aromatic nitrogens is 3. The van der Waals surface area contributed by atoms with E-state index in [1.807, 2.05) is 0 Å². The summed E-state index contributed by atoms with van der Waals surface area (Å²) in [5.74, 6) is 1.14. The Bertz CT molecular complexity index is 389. The number of hydrogen-bond donors (Lipinski definition) is 0. The monoisotopic (exact) mass is 343 g/mol. The van der Waals surface area contributed by atoms with Gasteiger partial charge < -0.3 is 4.57 Å². The van der Waals surface area contributed by atoms with Crippen molar-refractivity contribution in [1.29, 1.82) is 0 Å². The fourth-order valence-corrected chi connectivity index (χ4v) is 3.14. The van der Waals surface area contributed by atoms with Crippen molar-refractivity contribution < 1.29 is 0 Å². The molecule has 1 atom stereocenters. The van der Waals surface area contributed by atoms with E-state index in [2.05, 4.69) is 58.5 Å². The number of rotatable bonds is 10. The average Bonchev–Trinajstić information content (AvgIpc) is 2.76. The molecule has 0 aliphatic rings. The minimum Gasteiger partial charge on any atom is -0.308 e. The molecule has 0 aromatic carbocycles. The van der Waals surface area contributed by atoms with Gasteiger partial charge in [0.1, 0.15) is 5.82 Å². The topological polar surface area (TPSA) is 30.7 Å². The SMILES string of the molecule is CCCCCCC(C)(CCCCC)c1nnc(Br)n1C. The van der Waals surface area contributed by atoms with Crippen LogP contribution in [0.5, 0.6) is 0 Å². The Hall–Kier alpha value is -0.380. The van der Waals surface area contributed by atoms with Crippen molar-refractivity contribution in [1.82, 2.24) is 14.8 Å². The van der Waals surface area contributed by atoms with Crippen LogP contribution in [0.25, 0.3) is 0 Å².